The number of hydrogen-bond donors (Lipinski definition) is 4. The fourth-order valence-electron chi connectivity index (χ4n) is 3.69. The normalized spacial score (nSPS) is 12.9. The lowest BCUT2D eigenvalue weighted by Crippen LogP contribution is -2.33. The Balaban J connectivity index is 1.58. The molecule has 0 bridgehead atoms. The average molecular weight is 481 g/mol. The molecule has 0 fully saturated rings. The highest BCUT2D eigenvalue weighted by Crippen LogP contribution is 2.33. The number of carboxylic acid groups (broad SMARTS) is 1. The number of carboxylic acids is 1. The summed E-state index contributed by atoms with van der Waals surface area (Å²) in [6.45, 7) is 3.57. The first kappa shape index (κ1) is 22.9. The zero-order valence-electron chi connectivity index (χ0n) is 18.0. The van der Waals surface area contributed by atoms with E-state index in [-0.39, 0.29) is 27.6 Å². The number of amides is 1. The van der Waals surface area contributed by atoms with Gasteiger partial charge < -0.3 is 20.4 Å². The van der Waals surface area contributed by atoms with E-state index in [0.29, 0.717) is 16.9 Å². The molecule has 34 heavy (non-hydrogen) atoms. The fraction of sp³-hybridized carbons (Fsp3) is 0.182. The molecule has 0 aliphatic rings. The molecule has 12 heteroatoms. The number of rotatable bonds is 7. The van der Waals surface area contributed by atoms with E-state index >= 15 is 0 Å². The molecule has 1 aromatic carbocycles. The van der Waals surface area contributed by atoms with E-state index in [9.17, 15) is 29.6 Å². The summed E-state index contributed by atoms with van der Waals surface area (Å²) in [5.74, 6) is -1.72. The third kappa shape index (κ3) is 4.30. The van der Waals surface area contributed by atoms with Crippen molar-refractivity contribution in [3.8, 4) is 0 Å². The number of nitro groups is 1. The average Bonchev–Trinajstić information content (AvgIpc) is 3.44. The van der Waals surface area contributed by atoms with Crippen LogP contribution in [-0.2, 0) is 4.79 Å². The zero-order chi connectivity index (χ0) is 24.6. The Bertz CT molecular complexity index is 1490. The molecule has 2 atom stereocenters. The van der Waals surface area contributed by atoms with E-state index in [1.165, 1.54) is 18.2 Å². The largest absolute Gasteiger partial charge is 0.479 e. The summed E-state index contributed by atoms with van der Waals surface area (Å²) >= 11 is 1.16. The molecule has 3 aromatic heterocycles. The van der Waals surface area contributed by atoms with Crippen LogP contribution in [0.1, 0.15) is 50.4 Å². The summed E-state index contributed by atoms with van der Waals surface area (Å²) < 4.78 is 0. The van der Waals surface area contributed by atoms with Crippen LogP contribution < -0.4 is 10.9 Å². The summed E-state index contributed by atoms with van der Waals surface area (Å²) in [7, 11) is 0. The number of hydrogen-bond acceptors (Lipinski definition) is 7. The molecule has 11 nitrogen and oxygen atoms in total. The number of thiophene rings is 1. The molecule has 3 heterocycles. The van der Waals surface area contributed by atoms with Crippen molar-refractivity contribution in [3.63, 3.8) is 0 Å². The number of carbonyl (C=O) groups excluding carboxylic acids is 1. The van der Waals surface area contributed by atoms with Gasteiger partial charge in [-0.3, -0.25) is 19.7 Å². The van der Waals surface area contributed by atoms with Gasteiger partial charge in [-0.2, -0.15) is 0 Å². The van der Waals surface area contributed by atoms with E-state index in [4.69, 9.17) is 0 Å². The molecule has 4 aromatic rings. The molecule has 4 N–H and O–H groups in total. The minimum atomic E-state index is -1.46. The van der Waals surface area contributed by atoms with Crippen molar-refractivity contribution in [1.29, 1.82) is 0 Å². The third-order valence-corrected chi connectivity index (χ3v) is 6.64. The van der Waals surface area contributed by atoms with Gasteiger partial charge in [0.2, 0.25) is 0 Å². The number of nitrogens with zero attached hydrogens (tertiary/aromatic N) is 2. The summed E-state index contributed by atoms with van der Waals surface area (Å²) in [6.07, 6.45) is 1.71. The van der Waals surface area contributed by atoms with Gasteiger partial charge in [0.15, 0.2) is 6.04 Å². The number of benzene rings is 1. The maximum Gasteiger partial charge on any atom is 0.330 e. The monoisotopic (exact) mass is 481 g/mol. The second-order valence-corrected chi connectivity index (χ2v) is 8.75. The van der Waals surface area contributed by atoms with Crippen LogP contribution in [0.4, 0.5) is 5.69 Å². The Hall–Kier alpha value is -4.32. The van der Waals surface area contributed by atoms with Crippen molar-refractivity contribution < 1.29 is 19.6 Å². The molecule has 0 spiro atoms. The van der Waals surface area contributed by atoms with Crippen molar-refractivity contribution in [1.82, 2.24) is 20.3 Å². The Labute approximate surface area is 195 Å². The Kier molecular flexibility index (Phi) is 5.99. The van der Waals surface area contributed by atoms with E-state index in [2.05, 4.69) is 20.3 Å². The van der Waals surface area contributed by atoms with Crippen molar-refractivity contribution >= 4 is 39.9 Å². The molecular weight excluding hydrogens is 462 g/mol. The highest BCUT2D eigenvalue weighted by molar-refractivity contribution is 7.14. The molecule has 174 valence electrons. The SMILES string of the molecule is Cc1nc2[nH]cc(C(C)c3ccc(C(=O)NC(C(=O)O)c4cccc([N+](=O)[O-])c4)s3)c2c(=O)[nH]1. The molecule has 0 radical (unpaired) electrons. The topological polar surface area (TPSA) is 171 Å². The number of aliphatic carboxylic acids is 1. The van der Waals surface area contributed by atoms with Crippen LogP contribution in [-0.4, -0.2) is 36.9 Å². The van der Waals surface area contributed by atoms with Crippen LogP contribution in [0, 0.1) is 17.0 Å². The molecule has 0 aliphatic carbocycles. The molecule has 4 rings (SSSR count). The van der Waals surface area contributed by atoms with Crippen molar-refractivity contribution in [2.45, 2.75) is 25.8 Å². The maximum atomic E-state index is 12.8. The second-order valence-electron chi connectivity index (χ2n) is 7.64. The van der Waals surface area contributed by atoms with E-state index in [1.807, 2.05) is 6.92 Å². The minimum Gasteiger partial charge on any atom is -0.479 e. The van der Waals surface area contributed by atoms with E-state index in [1.54, 1.807) is 25.3 Å². The first-order valence-electron chi connectivity index (χ1n) is 10.1. The summed E-state index contributed by atoms with van der Waals surface area (Å²) in [6, 6.07) is 6.96. The molecule has 1 amide bonds. The number of H-pyrrole nitrogens is 2. The lowest BCUT2D eigenvalue weighted by atomic mass is 10.0. The number of nitrogens with one attached hydrogen (secondary N) is 3. The Morgan fingerprint density at radius 2 is 2.03 bits per heavy atom. The first-order valence-corrected chi connectivity index (χ1v) is 10.9. The maximum absolute atomic E-state index is 12.8. The van der Waals surface area contributed by atoms with Crippen molar-refractivity contribution in [2.24, 2.45) is 0 Å². The standard InChI is InChI=1S/C22H19N5O6S/c1-10(14-9-23-19-17(14)21(29)25-11(2)24-19)15-6-7-16(34-15)20(28)26-18(22(30)31)12-4-3-5-13(8-12)27(32)33/h3-10,18H,1-2H3,(H,26,28)(H,30,31)(H2,23,24,25,29). The number of nitro benzene ring substituents is 1. The van der Waals surface area contributed by atoms with Gasteiger partial charge in [0.05, 0.1) is 15.2 Å². The van der Waals surface area contributed by atoms with Gasteiger partial charge >= 0.3 is 5.97 Å². The van der Waals surface area contributed by atoms with Crippen molar-refractivity contribution in [2.75, 3.05) is 0 Å². The lowest BCUT2D eigenvalue weighted by molar-refractivity contribution is -0.384. The number of fused-ring (bicyclic) bond motifs is 1. The van der Waals surface area contributed by atoms with E-state index in [0.717, 1.165) is 27.8 Å². The third-order valence-electron chi connectivity index (χ3n) is 5.37. The first-order chi connectivity index (χ1) is 16.2. The van der Waals surface area contributed by atoms with Crippen molar-refractivity contribution in [3.05, 3.63) is 89.8 Å². The van der Waals surface area contributed by atoms with Crippen LogP contribution in [0.25, 0.3) is 11.0 Å². The fourth-order valence-corrected chi connectivity index (χ4v) is 4.67. The van der Waals surface area contributed by atoms with Gasteiger partial charge in [0.1, 0.15) is 11.5 Å². The molecule has 2 unspecified atom stereocenters. The predicted octanol–water partition coefficient (Wildman–Crippen LogP) is 3.24. The van der Waals surface area contributed by atoms with E-state index < -0.39 is 22.8 Å². The highest BCUT2D eigenvalue weighted by atomic mass is 32.1. The summed E-state index contributed by atoms with van der Waals surface area (Å²) in [5, 5.41) is 23.5. The smallest absolute Gasteiger partial charge is 0.330 e. The minimum absolute atomic E-state index is 0.0843. The van der Waals surface area contributed by atoms with Gasteiger partial charge in [-0.25, -0.2) is 9.78 Å². The van der Waals surface area contributed by atoms with Crippen LogP contribution in [0.3, 0.4) is 0 Å². The number of aryl methyl sites for hydroxylation is 1. The predicted molar refractivity (Wildman–Crippen MR) is 124 cm³/mol. The molecule has 0 aliphatic heterocycles. The zero-order valence-corrected chi connectivity index (χ0v) is 18.8. The number of carbonyl (C=O) groups is 2. The highest BCUT2D eigenvalue weighted by Gasteiger charge is 2.26. The number of non-ortho nitro benzene ring substituents is 1. The van der Waals surface area contributed by atoms with Gasteiger partial charge in [-0.1, -0.05) is 19.1 Å². The molecule has 0 saturated carbocycles. The summed E-state index contributed by atoms with van der Waals surface area (Å²) in [4.78, 5) is 58.4. The van der Waals surface area contributed by atoms with Gasteiger partial charge in [-0.15, -0.1) is 11.3 Å². The van der Waals surface area contributed by atoms with Crippen LogP contribution in [0.5, 0.6) is 0 Å². The second kappa shape index (κ2) is 8.90. The molecular formula is C22H19N5O6S. The molecule has 0 saturated heterocycles. The van der Waals surface area contributed by atoms with Gasteiger partial charge in [0, 0.05) is 29.1 Å². The lowest BCUT2D eigenvalue weighted by Gasteiger charge is -2.14. The van der Waals surface area contributed by atoms with Crippen LogP contribution in [0.2, 0.25) is 0 Å². The summed E-state index contributed by atoms with van der Waals surface area (Å²) in [5.41, 5.74) is 0.738. The quantitative estimate of drug-likeness (QED) is 0.232. The van der Waals surface area contributed by atoms with Gasteiger partial charge in [-0.05, 0) is 30.2 Å². The van der Waals surface area contributed by atoms with Crippen LogP contribution in [0.15, 0.2) is 47.4 Å². The van der Waals surface area contributed by atoms with Gasteiger partial charge in [0.25, 0.3) is 17.2 Å². The number of aromatic amines is 2. The number of aromatic nitrogens is 3. The van der Waals surface area contributed by atoms with Crippen LogP contribution >= 0.6 is 11.3 Å². The Morgan fingerprint density at radius 3 is 2.74 bits per heavy atom. The Morgan fingerprint density at radius 1 is 1.26 bits per heavy atom.